The van der Waals surface area contributed by atoms with Gasteiger partial charge >= 0.3 is 11.9 Å². The molecule has 0 saturated heterocycles. The average Bonchev–Trinajstić information content (AvgIpc) is 1.27. The molecule has 0 bridgehead atoms. The molecule has 0 N–H and O–H groups in total. The van der Waals surface area contributed by atoms with Crippen LogP contribution in [0.2, 0.25) is 0 Å². The summed E-state index contributed by atoms with van der Waals surface area (Å²) in [7, 11) is 0. The van der Waals surface area contributed by atoms with Crippen LogP contribution in [0.1, 0.15) is 13.8 Å². The number of ether oxygens (including phenoxy) is 1. The van der Waals surface area contributed by atoms with E-state index in [0.29, 0.717) is 0 Å². The second-order valence-electron chi connectivity index (χ2n) is 1.09. The molecule has 4 heteroatoms. The number of carbonyl (C=O) groups excluding carboxylic acids is 2. The van der Waals surface area contributed by atoms with Crippen molar-refractivity contribution in [3.63, 3.8) is 0 Å². The molecular weight excluding hydrogens is 288 g/mol. The Bertz CT molecular complexity index is 87.5. The maximum absolute atomic E-state index is 9.81. The summed E-state index contributed by atoms with van der Waals surface area (Å²) in [4.78, 5) is 19.6. The third-order valence-corrected chi connectivity index (χ3v) is 0.287. The molecule has 8 heavy (non-hydrogen) atoms. The monoisotopic (exact) mass is 295 g/mol. The van der Waals surface area contributed by atoms with Gasteiger partial charge in [0.2, 0.25) is 0 Å². The van der Waals surface area contributed by atoms with Crippen LogP contribution in [0.25, 0.3) is 0 Å². The Balaban J connectivity index is 0. The third kappa shape index (κ3) is 9.25. The topological polar surface area (TPSA) is 43.4 Å². The molecule has 0 rings (SSSR count). The van der Waals surface area contributed by atoms with Crippen LogP contribution in [0.15, 0.2) is 0 Å². The van der Waals surface area contributed by atoms with Gasteiger partial charge < -0.3 is 4.74 Å². The fraction of sp³-hybridized carbons (Fsp3) is 0.500. The molecule has 3 nitrogen and oxygen atoms in total. The van der Waals surface area contributed by atoms with E-state index in [1.807, 2.05) is 0 Å². The van der Waals surface area contributed by atoms with Crippen molar-refractivity contribution < 1.29 is 34.4 Å². The Hall–Kier alpha value is -0.211. The summed E-state index contributed by atoms with van der Waals surface area (Å²) in [5.74, 6) is -1.12. The minimum Gasteiger partial charge on any atom is -0.394 e. The molecule has 0 spiro atoms. The van der Waals surface area contributed by atoms with E-state index < -0.39 is 11.9 Å². The van der Waals surface area contributed by atoms with Crippen molar-refractivity contribution in [1.82, 2.24) is 0 Å². The van der Waals surface area contributed by atoms with Crippen molar-refractivity contribution >= 4 is 11.9 Å². The minimum absolute atomic E-state index is 0. The molecule has 0 heterocycles. The van der Waals surface area contributed by atoms with Crippen molar-refractivity contribution in [1.29, 1.82) is 0 Å². The summed E-state index contributed by atoms with van der Waals surface area (Å²) in [6, 6.07) is 0. The van der Waals surface area contributed by atoms with Gasteiger partial charge in [0, 0.05) is 34.0 Å². The van der Waals surface area contributed by atoms with Gasteiger partial charge in [0.15, 0.2) is 0 Å². The van der Waals surface area contributed by atoms with E-state index in [-0.39, 0.29) is 20.1 Å². The molecule has 0 atom stereocenters. The molecule has 0 aliphatic carbocycles. The van der Waals surface area contributed by atoms with Crippen LogP contribution in [-0.2, 0) is 34.4 Å². The van der Waals surface area contributed by atoms with Crippen LogP contribution in [0.5, 0.6) is 0 Å². The molecule has 0 fully saturated rings. The summed E-state index contributed by atoms with van der Waals surface area (Å²) >= 11 is 0. The second-order valence-corrected chi connectivity index (χ2v) is 1.09. The van der Waals surface area contributed by atoms with Crippen LogP contribution < -0.4 is 0 Å². The summed E-state index contributed by atoms with van der Waals surface area (Å²) in [5, 5.41) is 0. The first-order valence-corrected chi connectivity index (χ1v) is 1.82. The molecule has 0 aromatic rings. The fourth-order valence-electron chi connectivity index (χ4n) is 0.202. The van der Waals surface area contributed by atoms with Gasteiger partial charge in [-0.3, -0.25) is 9.59 Å². The molecule has 0 saturated carbocycles. The number of rotatable bonds is 0. The Morgan fingerprint density at radius 2 is 1.38 bits per heavy atom. The summed E-state index contributed by atoms with van der Waals surface area (Å²) in [6.07, 6.45) is 0. The zero-order chi connectivity index (χ0) is 5.86. The first-order chi connectivity index (χ1) is 3.13. The Kier molecular flexibility index (Phi) is 6.61. The molecule has 49 valence electrons. The molecule has 0 aliphatic rings. The molecule has 0 aromatic carbocycles. The van der Waals surface area contributed by atoms with E-state index in [1.54, 1.807) is 0 Å². The smallest absolute Gasteiger partial charge is 0.310 e. The van der Waals surface area contributed by atoms with Gasteiger partial charge in [-0.05, 0) is 0 Å². The van der Waals surface area contributed by atoms with Gasteiger partial charge in [0.05, 0.1) is 0 Å². The third-order valence-electron chi connectivity index (χ3n) is 0.287. The second kappa shape index (κ2) is 4.94. The number of hydrogen-bond acceptors (Lipinski definition) is 3. The summed E-state index contributed by atoms with van der Waals surface area (Å²) in [5.41, 5.74) is 0. The zero-order valence-corrected chi connectivity index (χ0v) is 6.95. The van der Waals surface area contributed by atoms with E-state index in [0.717, 1.165) is 0 Å². The quantitative estimate of drug-likeness (QED) is 0.470. The molecule has 1 radical (unpaired) electrons. The zero-order valence-electron chi connectivity index (χ0n) is 4.56. The predicted molar refractivity (Wildman–Crippen MR) is 22.4 cm³/mol. The molecule has 0 aromatic heterocycles. The summed E-state index contributed by atoms with van der Waals surface area (Å²) < 4.78 is 3.97. The number of hydrogen-bond donors (Lipinski definition) is 0. The standard InChI is InChI=1S/C4H6O3.Ir/c1-3(5)7-4(2)6;/h1-2H3;. The van der Waals surface area contributed by atoms with Crippen LogP contribution in [-0.4, -0.2) is 11.9 Å². The van der Waals surface area contributed by atoms with Crippen LogP contribution in [0, 0.1) is 0 Å². The Labute approximate surface area is 60.7 Å². The Morgan fingerprint density at radius 3 is 1.38 bits per heavy atom. The van der Waals surface area contributed by atoms with Crippen molar-refractivity contribution in [3.8, 4) is 0 Å². The molecule has 0 aliphatic heterocycles. The van der Waals surface area contributed by atoms with E-state index in [4.69, 9.17) is 0 Å². The maximum Gasteiger partial charge on any atom is 0.310 e. The SMILES string of the molecule is CC(=O)OC(C)=O.[Ir]. The van der Waals surface area contributed by atoms with Crippen molar-refractivity contribution in [2.75, 3.05) is 0 Å². The van der Waals surface area contributed by atoms with Crippen molar-refractivity contribution in [3.05, 3.63) is 0 Å². The van der Waals surface area contributed by atoms with Crippen molar-refractivity contribution in [2.45, 2.75) is 13.8 Å². The maximum atomic E-state index is 9.81. The van der Waals surface area contributed by atoms with Gasteiger partial charge in [-0.1, -0.05) is 0 Å². The van der Waals surface area contributed by atoms with E-state index in [2.05, 4.69) is 4.74 Å². The molecule has 0 unspecified atom stereocenters. The molecule has 0 amide bonds. The largest absolute Gasteiger partial charge is 0.394 e. The summed E-state index contributed by atoms with van der Waals surface area (Å²) in [6.45, 7) is 2.36. The first kappa shape index (κ1) is 10.7. The van der Waals surface area contributed by atoms with Gasteiger partial charge in [0.1, 0.15) is 0 Å². The normalized spacial score (nSPS) is 6.75. The van der Waals surface area contributed by atoms with Crippen LogP contribution >= 0.6 is 0 Å². The number of carbonyl (C=O) groups is 2. The van der Waals surface area contributed by atoms with Crippen LogP contribution in [0.4, 0.5) is 0 Å². The molecular formula is C4H6IrO3. The van der Waals surface area contributed by atoms with E-state index in [1.165, 1.54) is 13.8 Å². The minimum atomic E-state index is -0.562. The van der Waals surface area contributed by atoms with Gasteiger partial charge in [-0.2, -0.15) is 0 Å². The fourth-order valence-corrected chi connectivity index (χ4v) is 0.202. The van der Waals surface area contributed by atoms with Crippen molar-refractivity contribution in [2.24, 2.45) is 0 Å². The van der Waals surface area contributed by atoms with Gasteiger partial charge in [-0.15, -0.1) is 0 Å². The average molecular weight is 294 g/mol. The predicted octanol–water partition coefficient (Wildman–Crippen LogP) is 0.0935. The van der Waals surface area contributed by atoms with Gasteiger partial charge in [0.25, 0.3) is 0 Å². The Morgan fingerprint density at radius 1 is 1.12 bits per heavy atom. The first-order valence-electron chi connectivity index (χ1n) is 1.82. The van der Waals surface area contributed by atoms with E-state index >= 15 is 0 Å². The number of esters is 2. The van der Waals surface area contributed by atoms with E-state index in [9.17, 15) is 9.59 Å². The van der Waals surface area contributed by atoms with Crippen LogP contribution in [0.3, 0.4) is 0 Å². The van der Waals surface area contributed by atoms with Gasteiger partial charge in [-0.25, -0.2) is 0 Å².